The van der Waals surface area contributed by atoms with Crippen LogP contribution in [0.4, 0.5) is 4.79 Å². The lowest BCUT2D eigenvalue weighted by Crippen LogP contribution is -2.47. The Labute approximate surface area is 98.6 Å². The Balaban J connectivity index is 2.08. The first-order valence-corrected chi connectivity index (χ1v) is 5.34. The van der Waals surface area contributed by atoms with E-state index in [0.717, 1.165) is 10.5 Å². The van der Waals surface area contributed by atoms with Crippen molar-refractivity contribution in [1.82, 2.24) is 4.90 Å². The molecule has 0 spiro atoms. The zero-order valence-electron chi connectivity index (χ0n) is 9.17. The molecule has 1 aromatic rings. The van der Waals surface area contributed by atoms with Gasteiger partial charge in [0.05, 0.1) is 12.5 Å². The number of benzene rings is 1. The quantitative estimate of drug-likeness (QED) is 0.698. The van der Waals surface area contributed by atoms with Crippen LogP contribution in [0.15, 0.2) is 30.3 Å². The van der Waals surface area contributed by atoms with Crippen molar-refractivity contribution in [3.63, 3.8) is 0 Å². The van der Waals surface area contributed by atoms with Crippen molar-refractivity contribution in [2.24, 2.45) is 0 Å². The molecule has 17 heavy (non-hydrogen) atoms. The van der Waals surface area contributed by atoms with Crippen LogP contribution in [0.2, 0.25) is 0 Å². The average molecular weight is 234 g/mol. The molecule has 0 bridgehead atoms. The number of hydrogen-bond acceptors (Lipinski definition) is 4. The van der Waals surface area contributed by atoms with Crippen LogP contribution in [-0.4, -0.2) is 29.6 Å². The lowest BCUT2D eigenvalue weighted by Gasteiger charge is -2.29. The van der Waals surface area contributed by atoms with Gasteiger partial charge in [-0.05, 0) is 5.56 Å². The third-order valence-corrected chi connectivity index (χ3v) is 2.71. The van der Waals surface area contributed by atoms with Crippen molar-refractivity contribution < 1.29 is 19.4 Å². The summed E-state index contributed by atoms with van der Waals surface area (Å²) in [5.41, 5.74) is 0.857. The standard InChI is InChI=1S/C12H13NO4/c14-11-6-10(8-17-11)13(12(15)16)7-9-4-2-1-3-5-9/h1-5,10H,6-8H2,(H,15,16)/p-1/t10-/m1/s1. The summed E-state index contributed by atoms with van der Waals surface area (Å²) in [6, 6.07) is 8.74. The van der Waals surface area contributed by atoms with Gasteiger partial charge in [0, 0.05) is 6.54 Å². The van der Waals surface area contributed by atoms with Crippen LogP contribution >= 0.6 is 0 Å². The van der Waals surface area contributed by atoms with Crippen molar-refractivity contribution in [2.75, 3.05) is 6.61 Å². The van der Waals surface area contributed by atoms with Gasteiger partial charge in [0.25, 0.3) is 0 Å². The van der Waals surface area contributed by atoms with Gasteiger partial charge in [-0.1, -0.05) is 30.3 Å². The minimum atomic E-state index is -1.28. The van der Waals surface area contributed by atoms with E-state index in [1.54, 1.807) is 0 Å². The minimum Gasteiger partial charge on any atom is -0.530 e. The number of esters is 1. The fraction of sp³-hybridized carbons (Fsp3) is 0.333. The molecule has 1 aliphatic heterocycles. The van der Waals surface area contributed by atoms with Crippen LogP contribution in [0.1, 0.15) is 12.0 Å². The molecule has 1 heterocycles. The van der Waals surface area contributed by atoms with Crippen LogP contribution in [0, 0.1) is 0 Å². The highest BCUT2D eigenvalue weighted by Crippen LogP contribution is 2.16. The molecule has 2 rings (SSSR count). The molecule has 1 amide bonds. The first-order valence-electron chi connectivity index (χ1n) is 5.34. The second-order valence-corrected chi connectivity index (χ2v) is 3.92. The van der Waals surface area contributed by atoms with Gasteiger partial charge < -0.3 is 19.5 Å². The number of cyclic esters (lactones) is 1. The Hall–Kier alpha value is -2.04. The Morgan fingerprint density at radius 2 is 2.12 bits per heavy atom. The summed E-state index contributed by atoms with van der Waals surface area (Å²) in [7, 11) is 0. The maximum absolute atomic E-state index is 11.0. The molecule has 1 atom stereocenters. The van der Waals surface area contributed by atoms with Crippen LogP contribution in [0.3, 0.4) is 0 Å². The van der Waals surface area contributed by atoms with Crippen molar-refractivity contribution in [3.8, 4) is 0 Å². The molecule has 0 saturated carbocycles. The molecule has 1 aromatic carbocycles. The van der Waals surface area contributed by atoms with Crippen LogP contribution in [-0.2, 0) is 16.1 Å². The molecule has 5 heteroatoms. The topological polar surface area (TPSA) is 69.7 Å². The number of hydrogen-bond donors (Lipinski definition) is 0. The van der Waals surface area contributed by atoms with E-state index in [9.17, 15) is 14.7 Å². The molecule has 1 fully saturated rings. The maximum atomic E-state index is 11.0. The summed E-state index contributed by atoms with van der Waals surface area (Å²) in [6.07, 6.45) is -1.18. The number of carbonyl (C=O) groups is 2. The highest BCUT2D eigenvalue weighted by Gasteiger charge is 2.29. The van der Waals surface area contributed by atoms with E-state index in [2.05, 4.69) is 0 Å². The number of ether oxygens (including phenoxy) is 1. The van der Waals surface area contributed by atoms with Gasteiger partial charge >= 0.3 is 5.97 Å². The number of amides is 1. The van der Waals surface area contributed by atoms with Crippen molar-refractivity contribution in [2.45, 2.75) is 19.0 Å². The van der Waals surface area contributed by atoms with Gasteiger partial charge in [-0.2, -0.15) is 0 Å². The first-order chi connectivity index (χ1) is 8.16. The van der Waals surface area contributed by atoms with E-state index >= 15 is 0 Å². The van der Waals surface area contributed by atoms with Gasteiger partial charge in [-0.3, -0.25) is 4.79 Å². The molecule has 0 aliphatic carbocycles. The average Bonchev–Trinajstić information content (AvgIpc) is 2.73. The van der Waals surface area contributed by atoms with Crippen molar-refractivity contribution in [3.05, 3.63) is 35.9 Å². The number of carbonyl (C=O) groups excluding carboxylic acids is 2. The van der Waals surface area contributed by atoms with E-state index in [0.29, 0.717) is 0 Å². The maximum Gasteiger partial charge on any atom is 0.308 e. The summed E-state index contributed by atoms with van der Waals surface area (Å²) in [4.78, 5) is 23.2. The van der Waals surface area contributed by atoms with Gasteiger partial charge in [-0.25, -0.2) is 0 Å². The fourth-order valence-electron chi connectivity index (χ4n) is 1.82. The minimum absolute atomic E-state index is 0.0980. The van der Waals surface area contributed by atoms with E-state index < -0.39 is 12.1 Å². The second-order valence-electron chi connectivity index (χ2n) is 3.92. The monoisotopic (exact) mass is 234 g/mol. The normalized spacial score (nSPS) is 18.8. The number of carboxylic acid groups (broad SMARTS) is 1. The Bertz CT molecular complexity index is 418. The summed E-state index contributed by atoms with van der Waals surface area (Å²) in [5, 5.41) is 11.0. The molecule has 0 aromatic heterocycles. The Morgan fingerprint density at radius 1 is 1.41 bits per heavy atom. The predicted octanol–water partition coefficient (Wildman–Crippen LogP) is 0.147. The SMILES string of the molecule is O=C1C[C@@H](N(Cc2ccccc2)C(=O)[O-])CO1. The lowest BCUT2D eigenvalue weighted by molar-refractivity contribution is -0.268. The molecule has 0 radical (unpaired) electrons. The van der Waals surface area contributed by atoms with Crippen molar-refractivity contribution in [1.29, 1.82) is 0 Å². The number of rotatable bonds is 3. The smallest absolute Gasteiger partial charge is 0.308 e. The van der Waals surface area contributed by atoms with Crippen LogP contribution < -0.4 is 5.11 Å². The molecule has 5 nitrogen and oxygen atoms in total. The Kier molecular flexibility index (Phi) is 3.27. The fourth-order valence-corrected chi connectivity index (χ4v) is 1.82. The second kappa shape index (κ2) is 4.86. The molecule has 0 unspecified atom stereocenters. The van der Waals surface area contributed by atoms with Gasteiger partial charge in [0.1, 0.15) is 12.7 Å². The van der Waals surface area contributed by atoms with E-state index in [-0.39, 0.29) is 25.5 Å². The molecule has 0 N–H and O–H groups in total. The summed E-state index contributed by atoms with van der Waals surface area (Å²) >= 11 is 0. The van der Waals surface area contributed by atoms with Gasteiger partial charge in [0.2, 0.25) is 0 Å². The highest BCUT2D eigenvalue weighted by atomic mass is 16.5. The largest absolute Gasteiger partial charge is 0.530 e. The van der Waals surface area contributed by atoms with E-state index in [1.807, 2.05) is 30.3 Å². The van der Waals surface area contributed by atoms with Crippen molar-refractivity contribution >= 4 is 12.1 Å². The molecule has 90 valence electrons. The summed E-state index contributed by atoms with van der Waals surface area (Å²) in [6.45, 7) is 0.324. The Morgan fingerprint density at radius 3 is 2.65 bits per heavy atom. The summed E-state index contributed by atoms with van der Waals surface area (Å²) in [5.74, 6) is -0.366. The third-order valence-electron chi connectivity index (χ3n) is 2.71. The van der Waals surface area contributed by atoms with Gasteiger partial charge in [0.15, 0.2) is 0 Å². The molecular weight excluding hydrogens is 222 g/mol. The lowest BCUT2D eigenvalue weighted by atomic mass is 10.1. The van der Waals surface area contributed by atoms with Gasteiger partial charge in [-0.15, -0.1) is 0 Å². The number of nitrogens with zero attached hydrogens (tertiary/aromatic N) is 1. The summed E-state index contributed by atoms with van der Waals surface area (Å²) < 4.78 is 4.76. The van der Waals surface area contributed by atoms with E-state index in [1.165, 1.54) is 0 Å². The predicted molar refractivity (Wildman–Crippen MR) is 56.7 cm³/mol. The van der Waals surface area contributed by atoms with Crippen LogP contribution in [0.5, 0.6) is 0 Å². The zero-order valence-corrected chi connectivity index (χ0v) is 9.17. The zero-order chi connectivity index (χ0) is 12.3. The molecule has 1 aliphatic rings. The highest BCUT2D eigenvalue weighted by molar-refractivity contribution is 5.74. The van der Waals surface area contributed by atoms with E-state index in [4.69, 9.17) is 4.74 Å². The molecule has 1 saturated heterocycles. The third kappa shape index (κ3) is 2.75. The van der Waals surface area contributed by atoms with Crippen LogP contribution in [0.25, 0.3) is 0 Å². The first kappa shape index (κ1) is 11.4. The molecular formula is C12H12NO4-.